The van der Waals surface area contributed by atoms with Crippen LogP contribution < -0.4 is 19.4 Å². The average Bonchev–Trinajstić information content (AvgIpc) is 3.59. The van der Waals surface area contributed by atoms with Gasteiger partial charge in [0, 0.05) is 0 Å². The third-order valence-electron chi connectivity index (χ3n) is 10.4. The first kappa shape index (κ1) is 40.3. The van der Waals surface area contributed by atoms with Crippen LogP contribution in [0, 0.1) is 10.1 Å². The summed E-state index contributed by atoms with van der Waals surface area (Å²) in [5.41, 5.74) is 8.76. The van der Waals surface area contributed by atoms with E-state index in [0.717, 1.165) is 23.6 Å². The van der Waals surface area contributed by atoms with Gasteiger partial charge in [0.15, 0.2) is 0 Å². The van der Waals surface area contributed by atoms with Crippen molar-refractivity contribution < 1.29 is 33.8 Å². The van der Waals surface area contributed by atoms with Gasteiger partial charge in [0.2, 0.25) is 0 Å². The Kier molecular flexibility index (Phi) is 12.0. The predicted octanol–water partition coefficient (Wildman–Crippen LogP) is 10.3. The minimum absolute atomic E-state index is 0.142. The van der Waals surface area contributed by atoms with Crippen LogP contribution in [-0.2, 0) is 19.3 Å². The van der Waals surface area contributed by atoms with Gasteiger partial charge < -0.3 is 0 Å². The number of fused-ring (bicyclic) bond motifs is 1. The molecule has 0 bridgehead atoms. The predicted molar refractivity (Wildman–Crippen MR) is 220 cm³/mol. The molecule has 0 aliphatic carbocycles. The van der Waals surface area contributed by atoms with Crippen LogP contribution in [0.25, 0.3) is 0 Å². The zero-order chi connectivity index (χ0) is 39.9. The molecular formula is C44H51ClN4O5Ru. The first-order valence-electron chi connectivity index (χ1n) is 19.0. The number of para-hydroxylation sites is 3. The molecule has 55 heavy (non-hydrogen) atoms. The standard InChI is InChI=1S/C27H39N2.C17H12N2O5.ClH.Ru/c1-18(2)22-11-9-12-23(19(3)4)26(22)28-15-16-29(17-28)27-24(20(5)6)13-10-14-25(27)21(7)8;1-10-4-3-5-14-15(10)24-11(2)16(20)18(14)17(21)12-6-8-13(9-7-12)19(22)23;;/h9-14,17-21H,15-16H2,1-8H3;1,3-9,11H,2H3;1H;/q;;;+1/p-1. The molecule has 0 radical (unpaired) electrons. The zero-order valence-corrected chi connectivity index (χ0v) is 35.5. The summed E-state index contributed by atoms with van der Waals surface area (Å²) in [4.78, 5) is 44.5. The molecule has 11 heteroatoms. The number of hydrogen-bond donors (Lipinski definition) is 0. The molecule has 2 aliphatic heterocycles. The van der Waals surface area contributed by atoms with E-state index in [2.05, 4.69) is 106 Å². The van der Waals surface area contributed by atoms with Gasteiger partial charge in [0.25, 0.3) is 0 Å². The van der Waals surface area contributed by atoms with Gasteiger partial charge in [-0.25, -0.2) is 0 Å². The molecule has 1 saturated heterocycles. The van der Waals surface area contributed by atoms with Gasteiger partial charge in [0.05, 0.1) is 0 Å². The Morgan fingerprint density at radius 3 is 1.67 bits per heavy atom. The fraction of sp³-hybridized carbons (Fsp3) is 0.386. The molecule has 0 N–H and O–H groups in total. The number of non-ortho nitro benzene ring substituents is 1. The number of anilines is 3. The van der Waals surface area contributed by atoms with Gasteiger partial charge in [-0.05, 0) is 0 Å². The van der Waals surface area contributed by atoms with E-state index in [9.17, 15) is 19.7 Å². The maximum atomic E-state index is 13.9. The monoisotopic (exact) mass is 852 g/mol. The SMILES string of the molecule is CC1Oc2c([CH]=[Ru]([Cl])[CH]3N(c4c(C(C)C)cccc4C(C)C)CCN3c3c(C(C)C)cccc3C(C)C)cccc2N(C(=O)c2ccc([N+](=O)[O-])cc2)C1=O. The topological polar surface area (TPSA) is 96.2 Å². The number of carbonyl (C=O) groups excluding carboxylic acids is 2. The molecule has 292 valence electrons. The van der Waals surface area contributed by atoms with Crippen LogP contribution in [0.3, 0.4) is 0 Å². The van der Waals surface area contributed by atoms with Gasteiger partial charge in [-0.15, -0.1) is 0 Å². The first-order chi connectivity index (χ1) is 26.1. The summed E-state index contributed by atoms with van der Waals surface area (Å²) in [6.07, 6.45) is -0.947. The molecule has 1 atom stereocenters. The van der Waals surface area contributed by atoms with Crippen LogP contribution in [0.4, 0.5) is 22.7 Å². The molecular weight excluding hydrogens is 801 g/mol. The number of nitro groups is 1. The number of nitro benzene ring substituents is 1. The number of benzene rings is 4. The molecule has 6 rings (SSSR count). The average molecular weight is 852 g/mol. The van der Waals surface area contributed by atoms with Gasteiger partial charge >= 0.3 is 335 Å². The van der Waals surface area contributed by atoms with E-state index in [1.165, 1.54) is 57.9 Å². The second kappa shape index (κ2) is 16.4. The molecule has 0 saturated carbocycles. The molecule has 9 nitrogen and oxygen atoms in total. The van der Waals surface area contributed by atoms with E-state index in [4.69, 9.17) is 14.4 Å². The second-order valence-electron chi connectivity index (χ2n) is 15.5. The Morgan fingerprint density at radius 1 is 0.782 bits per heavy atom. The van der Waals surface area contributed by atoms with E-state index in [1.807, 2.05) is 12.1 Å². The summed E-state index contributed by atoms with van der Waals surface area (Å²) in [5, 5.41) is 11.3. The van der Waals surface area contributed by atoms with E-state index in [-0.39, 0.29) is 16.0 Å². The molecule has 0 aromatic heterocycles. The van der Waals surface area contributed by atoms with E-state index in [1.54, 1.807) is 13.0 Å². The first-order valence-corrected chi connectivity index (χ1v) is 23.2. The van der Waals surface area contributed by atoms with Gasteiger partial charge in [-0.2, -0.15) is 0 Å². The normalized spacial score (nSPS) is 17.1. The van der Waals surface area contributed by atoms with E-state index < -0.39 is 37.4 Å². The Bertz CT molecular complexity index is 2020. The third-order valence-corrected chi connectivity index (χ3v) is 14.6. The van der Waals surface area contributed by atoms with Crippen molar-refractivity contribution in [3.63, 3.8) is 0 Å². The Hall–Kier alpha value is -4.40. The molecule has 1 unspecified atom stereocenters. The Balaban J connectivity index is 1.53. The maximum absolute atomic E-state index is 13.9. The number of halogens is 1. The van der Waals surface area contributed by atoms with Crippen molar-refractivity contribution in [1.82, 2.24) is 0 Å². The van der Waals surface area contributed by atoms with Gasteiger partial charge in [-0.3, -0.25) is 0 Å². The van der Waals surface area contributed by atoms with Crippen molar-refractivity contribution >= 4 is 48.9 Å². The summed E-state index contributed by atoms with van der Waals surface area (Å²) in [6.45, 7) is 21.2. The summed E-state index contributed by atoms with van der Waals surface area (Å²) >= 11 is -2.54. The molecule has 2 amide bonds. The number of hydrogen-bond acceptors (Lipinski definition) is 7. The van der Waals surface area contributed by atoms with Crippen molar-refractivity contribution in [3.05, 3.63) is 122 Å². The van der Waals surface area contributed by atoms with Crippen molar-refractivity contribution in [2.24, 2.45) is 0 Å². The van der Waals surface area contributed by atoms with Crippen LogP contribution in [-0.4, -0.2) is 45.3 Å². The van der Waals surface area contributed by atoms with E-state index in [0.29, 0.717) is 35.1 Å². The minimum atomic E-state index is -2.54. The van der Waals surface area contributed by atoms with E-state index >= 15 is 0 Å². The van der Waals surface area contributed by atoms with Crippen molar-refractivity contribution in [2.75, 3.05) is 27.8 Å². The molecule has 2 heterocycles. The number of carbonyl (C=O) groups is 2. The summed E-state index contributed by atoms with van der Waals surface area (Å²) < 4.78 is 8.29. The van der Waals surface area contributed by atoms with Crippen molar-refractivity contribution in [3.8, 4) is 5.75 Å². The Labute approximate surface area is 333 Å². The van der Waals surface area contributed by atoms with Crippen LogP contribution in [0.15, 0.2) is 78.9 Å². The summed E-state index contributed by atoms with van der Waals surface area (Å²) in [5.74, 6) is 0.501. The van der Waals surface area contributed by atoms with Crippen molar-refractivity contribution in [2.45, 2.75) is 96.8 Å². The summed E-state index contributed by atoms with van der Waals surface area (Å²) in [6, 6.07) is 24.0. The van der Waals surface area contributed by atoms with Gasteiger partial charge in [-0.1, -0.05) is 0 Å². The van der Waals surface area contributed by atoms with Crippen LogP contribution in [0.2, 0.25) is 0 Å². The Morgan fingerprint density at radius 2 is 1.24 bits per heavy atom. The molecule has 4 aromatic rings. The molecule has 2 aliphatic rings. The number of nitrogens with zero attached hydrogens (tertiary/aromatic N) is 4. The molecule has 1 fully saturated rings. The number of imide groups is 1. The zero-order valence-electron chi connectivity index (χ0n) is 33.0. The summed E-state index contributed by atoms with van der Waals surface area (Å²) in [7, 11) is 7.93. The van der Waals surface area contributed by atoms with Crippen LogP contribution in [0.1, 0.15) is 124 Å². The van der Waals surface area contributed by atoms with Crippen LogP contribution in [0.5, 0.6) is 5.75 Å². The second-order valence-corrected chi connectivity index (χ2v) is 20.0. The number of ether oxygens (including phenoxy) is 1. The third kappa shape index (κ3) is 7.73. The van der Waals surface area contributed by atoms with Crippen molar-refractivity contribution in [1.29, 1.82) is 0 Å². The van der Waals surface area contributed by atoms with Gasteiger partial charge in [0.1, 0.15) is 0 Å². The number of rotatable bonds is 10. The van der Waals surface area contributed by atoms with Crippen LogP contribution >= 0.6 is 9.69 Å². The number of amides is 2. The molecule has 4 aromatic carbocycles. The quantitative estimate of drug-likeness (QED) is 0.0679. The fourth-order valence-corrected chi connectivity index (χ4v) is 12.2. The fourth-order valence-electron chi connectivity index (χ4n) is 7.59. The molecule has 0 spiro atoms.